The molecule has 1 unspecified atom stereocenters. The third kappa shape index (κ3) is 2.39. The first-order chi connectivity index (χ1) is 8.47. The van der Waals surface area contributed by atoms with Crippen molar-refractivity contribution < 1.29 is 9.84 Å². The van der Waals surface area contributed by atoms with Crippen LogP contribution in [0.5, 0.6) is 5.75 Å². The quantitative estimate of drug-likeness (QED) is 0.882. The van der Waals surface area contributed by atoms with Gasteiger partial charge in [-0.1, -0.05) is 26.0 Å². The van der Waals surface area contributed by atoms with Crippen molar-refractivity contribution in [3.63, 3.8) is 0 Å². The van der Waals surface area contributed by atoms with Crippen LogP contribution >= 0.6 is 0 Å². The van der Waals surface area contributed by atoms with Crippen molar-refractivity contribution in [2.45, 2.75) is 57.7 Å². The van der Waals surface area contributed by atoms with Crippen LogP contribution < -0.4 is 4.74 Å². The summed E-state index contributed by atoms with van der Waals surface area (Å²) in [4.78, 5) is 0. The van der Waals surface area contributed by atoms with E-state index in [1.165, 1.54) is 12.8 Å². The number of hydrogen-bond donors (Lipinski definition) is 1. The molecule has 1 aromatic carbocycles. The molecule has 0 spiro atoms. The minimum Gasteiger partial charge on any atom is -0.490 e. The molecule has 0 aromatic heterocycles. The van der Waals surface area contributed by atoms with Gasteiger partial charge in [-0.15, -0.1) is 0 Å². The topological polar surface area (TPSA) is 29.5 Å². The number of rotatable bonds is 3. The summed E-state index contributed by atoms with van der Waals surface area (Å²) in [7, 11) is 0. The lowest BCUT2D eigenvalue weighted by molar-refractivity contribution is 0.0335. The SMILES string of the molecule is CC1(C)CCC(O)(c2cccc(OC3CC3)c2)C1. The van der Waals surface area contributed by atoms with Gasteiger partial charge in [0.15, 0.2) is 0 Å². The third-order valence-electron chi connectivity index (χ3n) is 4.18. The predicted octanol–water partition coefficient (Wildman–Crippen LogP) is 3.63. The summed E-state index contributed by atoms with van der Waals surface area (Å²) in [6.45, 7) is 4.46. The van der Waals surface area contributed by atoms with Gasteiger partial charge in [-0.05, 0) is 55.2 Å². The lowest BCUT2D eigenvalue weighted by Crippen LogP contribution is -2.23. The van der Waals surface area contributed by atoms with E-state index in [1.54, 1.807) is 0 Å². The van der Waals surface area contributed by atoms with E-state index in [-0.39, 0.29) is 5.41 Å². The minimum atomic E-state index is -0.660. The van der Waals surface area contributed by atoms with Crippen molar-refractivity contribution in [3.05, 3.63) is 29.8 Å². The second-order valence-corrected chi connectivity index (χ2v) is 6.72. The molecule has 2 aliphatic rings. The van der Waals surface area contributed by atoms with Gasteiger partial charge in [-0.3, -0.25) is 0 Å². The fourth-order valence-corrected chi connectivity index (χ4v) is 3.00. The molecule has 2 heteroatoms. The monoisotopic (exact) mass is 246 g/mol. The van der Waals surface area contributed by atoms with Gasteiger partial charge in [0, 0.05) is 0 Å². The summed E-state index contributed by atoms with van der Waals surface area (Å²) in [6, 6.07) is 8.04. The van der Waals surface area contributed by atoms with Crippen molar-refractivity contribution in [2.24, 2.45) is 5.41 Å². The summed E-state index contributed by atoms with van der Waals surface area (Å²) in [5.41, 5.74) is 0.598. The van der Waals surface area contributed by atoms with Crippen LogP contribution in [0, 0.1) is 5.41 Å². The Hall–Kier alpha value is -1.02. The second-order valence-electron chi connectivity index (χ2n) is 6.72. The van der Waals surface area contributed by atoms with Crippen molar-refractivity contribution >= 4 is 0 Å². The van der Waals surface area contributed by atoms with Crippen molar-refractivity contribution in [1.29, 1.82) is 0 Å². The maximum atomic E-state index is 10.8. The van der Waals surface area contributed by atoms with Gasteiger partial charge in [-0.25, -0.2) is 0 Å². The van der Waals surface area contributed by atoms with Gasteiger partial charge in [0.1, 0.15) is 5.75 Å². The van der Waals surface area contributed by atoms with Gasteiger partial charge in [0.2, 0.25) is 0 Å². The second kappa shape index (κ2) is 3.99. The van der Waals surface area contributed by atoms with Gasteiger partial charge >= 0.3 is 0 Å². The average Bonchev–Trinajstić information content (AvgIpc) is 3.05. The van der Waals surface area contributed by atoms with Gasteiger partial charge in [-0.2, -0.15) is 0 Å². The molecule has 18 heavy (non-hydrogen) atoms. The maximum absolute atomic E-state index is 10.8. The summed E-state index contributed by atoms with van der Waals surface area (Å²) < 4.78 is 5.81. The van der Waals surface area contributed by atoms with Crippen LogP contribution in [0.15, 0.2) is 24.3 Å². The standard InChI is InChI=1S/C16H22O2/c1-15(2)8-9-16(17,11-15)12-4-3-5-14(10-12)18-13-6-7-13/h3-5,10,13,17H,6-9,11H2,1-2H3. The normalized spacial score (nSPS) is 30.4. The zero-order chi connectivity index (χ0) is 12.8. The average molecular weight is 246 g/mol. The number of aliphatic hydroxyl groups is 1. The molecule has 2 saturated carbocycles. The molecule has 98 valence electrons. The van der Waals surface area contributed by atoms with E-state index in [2.05, 4.69) is 13.8 Å². The van der Waals surface area contributed by atoms with Crippen LogP contribution in [-0.2, 0) is 5.60 Å². The fourth-order valence-electron chi connectivity index (χ4n) is 3.00. The molecule has 0 aliphatic heterocycles. The van der Waals surface area contributed by atoms with Crippen molar-refractivity contribution in [1.82, 2.24) is 0 Å². The van der Waals surface area contributed by atoms with Crippen LogP contribution in [0.4, 0.5) is 0 Å². The summed E-state index contributed by atoms with van der Waals surface area (Å²) in [5.74, 6) is 0.910. The van der Waals surface area contributed by atoms with E-state index in [0.717, 1.165) is 30.6 Å². The van der Waals surface area contributed by atoms with E-state index >= 15 is 0 Å². The van der Waals surface area contributed by atoms with Crippen LogP contribution in [0.3, 0.4) is 0 Å². The van der Waals surface area contributed by atoms with E-state index in [4.69, 9.17) is 4.74 Å². The Morgan fingerprint density at radius 3 is 2.61 bits per heavy atom. The Morgan fingerprint density at radius 2 is 2.00 bits per heavy atom. The molecule has 1 N–H and O–H groups in total. The molecule has 0 heterocycles. The molecule has 2 fully saturated rings. The molecular weight excluding hydrogens is 224 g/mol. The maximum Gasteiger partial charge on any atom is 0.120 e. The highest BCUT2D eigenvalue weighted by Gasteiger charge is 2.43. The third-order valence-corrected chi connectivity index (χ3v) is 4.18. The Kier molecular flexibility index (Phi) is 2.67. The molecule has 2 aliphatic carbocycles. The summed E-state index contributed by atoms with van der Waals surface area (Å²) in [6.07, 6.45) is 5.52. The highest BCUT2D eigenvalue weighted by atomic mass is 16.5. The van der Waals surface area contributed by atoms with Crippen molar-refractivity contribution in [3.8, 4) is 5.75 Å². The lowest BCUT2D eigenvalue weighted by atomic mass is 9.86. The van der Waals surface area contributed by atoms with Gasteiger partial charge in [0.25, 0.3) is 0 Å². The molecule has 0 saturated heterocycles. The zero-order valence-electron chi connectivity index (χ0n) is 11.3. The fraction of sp³-hybridized carbons (Fsp3) is 0.625. The first-order valence-electron chi connectivity index (χ1n) is 6.97. The molecule has 0 bridgehead atoms. The summed E-state index contributed by atoms with van der Waals surface area (Å²) >= 11 is 0. The smallest absolute Gasteiger partial charge is 0.120 e. The Labute approximate surface area is 109 Å². The summed E-state index contributed by atoms with van der Waals surface area (Å²) in [5, 5.41) is 10.8. The molecular formula is C16H22O2. The van der Waals surface area contributed by atoms with Crippen LogP contribution in [0.2, 0.25) is 0 Å². The van der Waals surface area contributed by atoms with Gasteiger partial charge < -0.3 is 9.84 Å². The van der Waals surface area contributed by atoms with Crippen LogP contribution in [0.25, 0.3) is 0 Å². The first-order valence-corrected chi connectivity index (χ1v) is 6.97. The molecule has 2 nitrogen and oxygen atoms in total. The van der Waals surface area contributed by atoms with E-state index in [0.29, 0.717) is 6.10 Å². The highest BCUT2D eigenvalue weighted by molar-refractivity contribution is 5.33. The van der Waals surface area contributed by atoms with Crippen LogP contribution in [-0.4, -0.2) is 11.2 Å². The van der Waals surface area contributed by atoms with E-state index < -0.39 is 5.60 Å². The molecule has 1 atom stereocenters. The molecule has 0 radical (unpaired) electrons. The number of hydrogen-bond acceptors (Lipinski definition) is 2. The predicted molar refractivity (Wildman–Crippen MR) is 71.6 cm³/mol. The van der Waals surface area contributed by atoms with Crippen LogP contribution in [0.1, 0.15) is 51.5 Å². The molecule has 1 aromatic rings. The van der Waals surface area contributed by atoms with E-state index in [1.807, 2.05) is 24.3 Å². The lowest BCUT2D eigenvalue weighted by Gasteiger charge is -2.26. The van der Waals surface area contributed by atoms with Crippen molar-refractivity contribution in [2.75, 3.05) is 0 Å². The first kappa shape index (κ1) is 12.0. The minimum absolute atomic E-state index is 0.238. The zero-order valence-corrected chi connectivity index (χ0v) is 11.3. The Balaban J connectivity index is 1.82. The number of benzene rings is 1. The van der Waals surface area contributed by atoms with Gasteiger partial charge in [0.05, 0.1) is 11.7 Å². The largest absolute Gasteiger partial charge is 0.490 e. The highest BCUT2D eigenvalue weighted by Crippen LogP contribution is 2.49. The Bertz CT molecular complexity index is 448. The Morgan fingerprint density at radius 1 is 1.22 bits per heavy atom. The molecule has 0 amide bonds. The number of ether oxygens (including phenoxy) is 1. The van der Waals surface area contributed by atoms with E-state index in [9.17, 15) is 5.11 Å². The molecule has 3 rings (SSSR count).